The molecule has 1 aromatic rings. The second kappa shape index (κ2) is 6.27. The van der Waals surface area contributed by atoms with Crippen molar-refractivity contribution in [1.82, 2.24) is 9.21 Å². The van der Waals surface area contributed by atoms with Crippen molar-refractivity contribution < 1.29 is 22.7 Å². The summed E-state index contributed by atoms with van der Waals surface area (Å²) in [6.45, 7) is 2.60. The van der Waals surface area contributed by atoms with Gasteiger partial charge in [-0.15, -0.1) is 0 Å². The van der Waals surface area contributed by atoms with Crippen molar-refractivity contribution in [2.45, 2.75) is 36.3 Å². The molecule has 1 amide bonds. The molecule has 1 unspecified atom stereocenters. The first-order valence-electron chi connectivity index (χ1n) is 9.55. The highest BCUT2D eigenvalue weighted by atomic mass is 32.2. The molecule has 1 spiro atoms. The first kappa shape index (κ1) is 17.6. The van der Waals surface area contributed by atoms with E-state index in [1.165, 1.54) is 4.31 Å². The quantitative estimate of drug-likeness (QED) is 0.753. The molecule has 4 aliphatic heterocycles. The summed E-state index contributed by atoms with van der Waals surface area (Å²) in [6, 6.07) is 9.60. The van der Waals surface area contributed by atoms with Crippen LogP contribution < -0.4 is 0 Å². The van der Waals surface area contributed by atoms with Crippen LogP contribution in [0.5, 0.6) is 0 Å². The molecule has 8 heteroatoms. The van der Waals surface area contributed by atoms with Crippen molar-refractivity contribution in [2.24, 2.45) is 5.92 Å². The van der Waals surface area contributed by atoms with Gasteiger partial charge in [0.2, 0.25) is 15.9 Å². The average Bonchev–Trinajstić information content (AvgIpc) is 3.32. The number of ether oxygens (including phenoxy) is 2. The lowest BCUT2D eigenvalue weighted by Gasteiger charge is -2.40. The van der Waals surface area contributed by atoms with Crippen LogP contribution in [-0.4, -0.2) is 73.3 Å². The van der Waals surface area contributed by atoms with Crippen molar-refractivity contribution in [3.63, 3.8) is 0 Å². The van der Waals surface area contributed by atoms with Gasteiger partial charge in [0, 0.05) is 26.2 Å². The molecule has 0 N–H and O–H groups in total. The molecular formula is C19H24N2O5S. The first-order chi connectivity index (χ1) is 13.0. The number of fused-ring (bicyclic) bond motifs is 1. The Morgan fingerprint density at radius 2 is 2.04 bits per heavy atom. The summed E-state index contributed by atoms with van der Waals surface area (Å²) in [5.41, 5.74) is 0.159. The molecule has 0 aliphatic carbocycles. The molecule has 4 atom stereocenters. The van der Waals surface area contributed by atoms with Gasteiger partial charge in [0.25, 0.3) is 0 Å². The third kappa shape index (κ3) is 2.81. The van der Waals surface area contributed by atoms with E-state index >= 15 is 0 Å². The largest absolute Gasteiger partial charge is 0.381 e. The van der Waals surface area contributed by atoms with Crippen molar-refractivity contribution in [3.05, 3.63) is 35.9 Å². The van der Waals surface area contributed by atoms with Crippen LogP contribution in [0.1, 0.15) is 18.4 Å². The Balaban J connectivity index is 1.39. The van der Waals surface area contributed by atoms with E-state index in [0.717, 1.165) is 12.0 Å². The van der Waals surface area contributed by atoms with Gasteiger partial charge in [0.1, 0.15) is 10.9 Å². The van der Waals surface area contributed by atoms with Gasteiger partial charge in [-0.1, -0.05) is 30.3 Å². The van der Waals surface area contributed by atoms with Gasteiger partial charge in [-0.2, -0.15) is 4.31 Å². The molecule has 1 aromatic carbocycles. The van der Waals surface area contributed by atoms with Gasteiger partial charge in [0.15, 0.2) is 0 Å². The van der Waals surface area contributed by atoms with Gasteiger partial charge in [-0.3, -0.25) is 4.79 Å². The maximum absolute atomic E-state index is 13.2. The summed E-state index contributed by atoms with van der Waals surface area (Å²) in [5, 5.41) is -0.559. The second-order valence-corrected chi connectivity index (χ2v) is 10.2. The van der Waals surface area contributed by atoms with Crippen LogP contribution in [0.15, 0.2) is 30.3 Å². The minimum absolute atomic E-state index is 0.0831. The number of rotatable bonds is 3. The predicted molar refractivity (Wildman–Crippen MR) is 97.3 cm³/mol. The number of sulfonamides is 1. The highest BCUT2D eigenvalue weighted by Crippen LogP contribution is 2.47. The fraction of sp³-hybridized carbons (Fsp3) is 0.632. The zero-order valence-corrected chi connectivity index (χ0v) is 15.9. The molecule has 4 saturated heterocycles. The second-order valence-electron chi connectivity index (χ2n) is 8.11. The smallest absolute Gasteiger partial charge is 0.228 e. The molecule has 4 heterocycles. The highest BCUT2D eigenvalue weighted by Gasteiger charge is 2.65. The predicted octanol–water partition coefficient (Wildman–Crippen LogP) is 0.607. The molecule has 4 fully saturated rings. The first-order valence-corrected chi connectivity index (χ1v) is 11.1. The fourth-order valence-electron chi connectivity index (χ4n) is 5.03. The number of carbonyl (C=O) groups is 1. The van der Waals surface area contributed by atoms with E-state index in [2.05, 4.69) is 0 Å². The molecular weight excluding hydrogens is 368 g/mol. The fourth-order valence-corrected chi connectivity index (χ4v) is 7.33. The number of hydrogen-bond donors (Lipinski definition) is 0. The van der Waals surface area contributed by atoms with E-state index in [1.54, 1.807) is 0 Å². The standard InChI is InChI=1S/C19H24N2O5S/c22-18(15-6-7-25-11-15)20-10-16-8-17-19(12-20,26-16)13-21(27(17,23)24)9-14-4-2-1-3-5-14/h1-5,15-17H,6-13H2/t15?,16-,17+,19+/m1/s1. The molecule has 27 heavy (non-hydrogen) atoms. The van der Waals surface area contributed by atoms with Crippen LogP contribution >= 0.6 is 0 Å². The van der Waals surface area contributed by atoms with Crippen LogP contribution in [0, 0.1) is 5.92 Å². The Bertz CT molecular complexity index is 839. The maximum Gasteiger partial charge on any atom is 0.228 e. The molecule has 5 rings (SSSR count). The Hall–Kier alpha value is -1.48. The van der Waals surface area contributed by atoms with Crippen LogP contribution in [0.25, 0.3) is 0 Å². The lowest BCUT2D eigenvalue weighted by Crippen LogP contribution is -2.57. The summed E-state index contributed by atoms with van der Waals surface area (Å²) < 4.78 is 39.4. The Kier molecular flexibility index (Phi) is 4.09. The van der Waals surface area contributed by atoms with E-state index in [1.807, 2.05) is 35.2 Å². The Morgan fingerprint density at radius 1 is 1.22 bits per heavy atom. The number of carbonyl (C=O) groups excluding carboxylic acids is 1. The van der Waals surface area contributed by atoms with E-state index in [0.29, 0.717) is 45.8 Å². The van der Waals surface area contributed by atoms with Gasteiger partial charge in [-0.05, 0) is 18.4 Å². The lowest BCUT2D eigenvalue weighted by atomic mass is 9.98. The number of hydrogen-bond acceptors (Lipinski definition) is 5. The minimum Gasteiger partial charge on any atom is -0.381 e. The van der Waals surface area contributed by atoms with Gasteiger partial charge in [-0.25, -0.2) is 8.42 Å². The molecule has 2 bridgehead atoms. The zero-order chi connectivity index (χ0) is 18.6. The van der Waals surface area contributed by atoms with Crippen molar-refractivity contribution in [2.75, 3.05) is 32.8 Å². The molecule has 4 aliphatic rings. The molecule has 0 aromatic heterocycles. The van der Waals surface area contributed by atoms with Gasteiger partial charge < -0.3 is 14.4 Å². The van der Waals surface area contributed by atoms with E-state index in [4.69, 9.17) is 9.47 Å². The topological polar surface area (TPSA) is 76.2 Å². The van der Waals surface area contributed by atoms with Gasteiger partial charge in [0.05, 0.1) is 25.2 Å². The molecule has 0 radical (unpaired) electrons. The number of amides is 1. The van der Waals surface area contributed by atoms with Crippen molar-refractivity contribution in [3.8, 4) is 0 Å². The summed E-state index contributed by atoms with van der Waals surface area (Å²) in [4.78, 5) is 14.7. The summed E-state index contributed by atoms with van der Waals surface area (Å²) in [5.74, 6) is -0.0180. The number of nitrogens with zero attached hydrogens (tertiary/aromatic N) is 2. The highest BCUT2D eigenvalue weighted by molar-refractivity contribution is 7.90. The average molecular weight is 392 g/mol. The SMILES string of the molecule is O=C(C1CCOC1)N1C[C@H]2C[C@H]3[C@](C1)(CN(Cc1ccccc1)S3(=O)=O)O2. The van der Waals surface area contributed by atoms with Gasteiger partial charge >= 0.3 is 0 Å². The van der Waals surface area contributed by atoms with Crippen molar-refractivity contribution >= 4 is 15.9 Å². The third-order valence-electron chi connectivity index (χ3n) is 6.30. The minimum atomic E-state index is -3.45. The maximum atomic E-state index is 13.2. The summed E-state index contributed by atoms with van der Waals surface area (Å²) >= 11 is 0. The molecule has 146 valence electrons. The van der Waals surface area contributed by atoms with E-state index in [-0.39, 0.29) is 17.9 Å². The lowest BCUT2D eigenvalue weighted by molar-refractivity contribution is -0.154. The summed E-state index contributed by atoms with van der Waals surface area (Å²) in [6.07, 6.45) is 1.03. The number of morpholine rings is 1. The van der Waals surface area contributed by atoms with Crippen LogP contribution in [0.4, 0.5) is 0 Å². The van der Waals surface area contributed by atoms with E-state index < -0.39 is 20.9 Å². The van der Waals surface area contributed by atoms with Crippen LogP contribution in [-0.2, 0) is 30.8 Å². The molecule has 0 saturated carbocycles. The monoisotopic (exact) mass is 392 g/mol. The third-order valence-corrected chi connectivity index (χ3v) is 8.62. The Labute approximate surface area is 159 Å². The van der Waals surface area contributed by atoms with Crippen LogP contribution in [0.3, 0.4) is 0 Å². The van der Waals surface area contributed by atoms with Crippen LogP contribution in [0.2, 0.25) is 0 Å². The van der Waals surface area contributed by atoms with Crippen molar-refractivity contribution in [1.29, 1.82) is 0 Å². The molecule has 7 nitrogen and oxygen atoms in total. The van der Waals surface area contributed by atoms with E-state index in [9.17, 15) is 13.2 Å². The number of likely N-dealkylation sites (tertiary alicyclic amines) is 1. The normalized spacial score (nSPS) is 37.5. The Morgan fingerprint density at radius 3 is 2.78 bits per heavy atom. The summed E-state index contributed by atoms with van der Waals surface area (Å²) in [7, 11) is -3.45. The zero-order valence-electron chi connectivity index (χ0n) is 15.1. The number of benzene rings is 1.